The van der Waals surface area contributed by atoms with E-state index in [4.69, 9.17) is 5.73 Å². The Morgan fingerprint density at radius 3 is 1.78 bits per heavy atom. The summed E-state index contributed by atoms with van der Waals surface area (Å²) in [4.78, 5) is 23.5. The van der Waals surface area contributed by atoms with Crippen LogP contribution in [0.25, 0.3) is 0 Å². The standard InChI is InChI=1S/C22H21N3O2/c23-20(26)15-16-11-13-19(14-12-16)24-22(27)25-21(17-7-3-1-4-8-17)18-9-5-2-6-10-18/h1-14,21H,15H2,(H2,23,26)(H2,24,25,27). The lowest BCUT2D eigenvalue weighted by Gasteiger charge is -2.20. The van der Waals surface area contributed by atoms with Crippen LogP contribution in [0.15, 0.2) is 84.9 Å². The highest BCUT2D eigenvalue weighted by atomic mass is 16.2. The lowest BCUT2D eigenvalue weighted by molar-refractivity contribution is -0.117. The number of hydrogen-bond acceptors (Lipinski definition) is 2. The zero-order chi connectivity index (χ0) is 19.1. The van der Waals surface area contributed by atoms with Crippen LogP contribution < -0.4 is 16.4 Å². The smallest absolute Gasteiger partial charge is 0.319 e. The summed E-state index contributed by atoms with van der Waals surface area (Å²) in [5, 5.41) is 5.85. The van der Waals surface area contributed by atoms with Crippen molar-refractivity contribution in [1.29, 1.82) is 0 Å². The average Bonchev–Trinajstić information content (AvgIpc) is 2.69. The summed E-state index contributed by atoms with van der Waals surface area (Å²) >= 11 is 0. The second-order valence-electron chi connectivity index (χ2n) is 6.19. The highest BCUT2D eigenvalue weighted by Gasteiger charge is 2.16. The van der Waals surface area contributed by atoms with Gasteiger partial charge in [-0.25, -0.2) is 4.79 Å². The lowest BCUT2D eigenvalue weighted by atomic mass is 9.99. The predicted molar refractivity (Wildman–Crippen MR) is 106 cm³/mol. The second-order valence-corrected chi connectivity index (χ2v) is 6.19. The van der Waals surface area contributed by atoms with Crippen LogP contribution in [0.3, 0.4) is 0 Å². The molecule has 3 rings (SSSR count). The van der Waals surface area contributed by atoms with Crippen molar-refractivity contribution in [2.75, 3.05) is 5.32 Å². The molecule has 5 heteroatoms. The molecule has 0 aliphatic heterocycles. The van der Waals surface area contributed by atoms with Crippen molar-refractivity contribution in [3.63, 3.8) is 0 Å². The summed E-state index contributed by atoms with van der Waals surface area (Å²) in [6.07, 6.45) is 0.177. The number of nitrogens with two attached hydrogens (primary N) is 1. The number of anilines is 1. The fourth-order valence-electron chi connectivity index (χ4n) is 2.86. The molecule has 5 nitrogen and oxygen atoms in total. The second kappa shape index (κ2) is 8.67. The van der Waals surface area contributed by atoms with Gasteiger partial charge in [0.05, 0.1) is 12.5 Å². The van der Waals surface area contributed by atoms with Crippen LogP contribution >= 0.6 is 0 Å². The summed E-state index contributed by atoms with van der Waals surface area (Å²) < 4.78 is 0. The molecule has 0 aromatic heterocycles. The Hall–Kier alpha value is -3.60. The van der Waals surface area contributed by atoms with Gasteiger partial charge in [0.2, 0.25) is 5.91 Å². The number of hydrogen-bond donors (Lipinski definition) is 3. The summed E-state index contributed by atoms with van der Waals surface area (Å²) in [7, 11) is 0. The number of amides is 3. The van der Waals surface area contributed by atoms with Gasteiger partial charge in [-0.2, -0.15) is 0 Å². The number of rotatable bonds is 6. The number of nitrogens with one attached hydrogen (secondary N) is 2. The van der Waals surface area contributed by atoms with Gasteiger partial charge in [0.1, 0.15) is 0 Å². The van der Waals surface area contributed by atoms with Crippen LogP contribution in [0, 0.1) is 0 Å². The fourth-order valence-corrected chi connectivity index (χ4v) is 2.86. The van der Waals surface area contributed by atoms with E-state index in [9.17, 15) is 9.59 Å². The molecule has 4 N–H and O–H groups in total. The largest absolute Gasteiger partial charge is 0.369 e. The molecule has 0 radical (unpaired) electrons. The van der Waals surface area contributed by atoms with E-state index < -0.39 is 0 Å². The van der Waals surface area contributed by atoms with E-state index in [-0.39, 0.29) is 24.4 Å². The Bertz CT molecular complexity index is 854. The molecule has 136 valence electrons. The molecular formula is C22H21N3O2. The van der Waals surface area contributed by atoms with Crippen molar-refractivity contribution in [3.8, 4) is 0 Å². The molecule has 0 bridgehead atoms. The van der Waals surface area contributed by atoms with Crippen LogP contribution in [-0.4, -0.2) is 11.9 Å². The van der Waals surface area contributed by atoms with E-state index in [0.717, 1.165) is 16.7 Å². The van der Waals surface area contributed by atoms with E-state index in [1.165, 1.54) is 0 Å². The van der Waals surface area contributed by atoms with Crippen molar-refractivity contribution in [2.45, 2.75) is 12.5 Å². The molecule has 0 unspecified atom stereocenters. The van der Waals surface area contributed by atoms with Gasteiger partial charge in [-0.1, -0.05) is 72.8 Å². The first kappa shape index (κ1) is 18.2. The molecule has 0 heterocycles. The van der Waals surface area contributed by atoms with Crippen molar-refractivity contribution >= 4 is 17.6 Å². The Kier molecular flexibility index (Phi) is 5.84. The maximum Gasteiger partial charge on any atom is 0.319 e. The molecule has 0 saturated carbocycles. The quantitative estimate of drug-likeness (QED) is 0.628. The number of benzene rings is 3. The van der Waals surface area contributed by atoms with Gasteiger partial charge in [-0.15, -0.1) is 0 Å². The molecule has 0 fully saturated rings. The van der Waals surface area contributed by atoms with Gasteiger partial charge in [-0.05, 0) is 28.8 Å². The van der Waals surface area contributed by atoms with Gasteiger partial charge in [-0.3, -0.25) is 4.79 Å². The van der Waals surface area contributed by atoms with Gasteiger partial charge in [0.15, 0.2) is 0 Å². The molecule has 3 amide bonds. The number of primary amides is 1. The first-order valence-electron chi connectivity index (χ1n) is 8.66. The van der Waals surface area contributed by atoms with Crippen molar-refractivity contribution in [2.24, 2.45) is 5.73 Å². The van der Waals surface area contributed by atoms with Crippen LogP contribution in [-0.2, 0) is 11.2 Å². The summed E-state index contributed by atoms with van der Waals surface area (Å²) in [6.45, 7) is 0. The fraction of sp³-hybridized carbons (Fsp3) is 0.0909. The van der Waals surface area contributed by atoms with Gasteiger partial charge >= 0.3 is 6.03 Å². The minimum Gasteiger partial charge on any atom is -0.369 e. The molecule has 3 aromatic carbocycles. The molecule has 27 heavy (non-hydrogen) atoms. The Morgan fingerprint density at radius 2 is 1.30 bits per heavy atom. The lowest BCUT2D eigenvalue weighted by Crippen LogP contribution is -2.33. The number of carbonyl (C=O) groups excluding carboxylic acids is 2. The summed E-state index contributed by atoms with van der Waals surface area (Å²) in [6, 6.07) is 26.1. The zero-order valence-electron chi connectivity index (χ0n) is 14.8. The van der Waals surface area contributed by atoms with E-state index >= 15 is 0 Å². The van der Waals surface area contributed by atoms with Crippen LogP contribution in [0.4, 0.5) is 10.5 Å². The van der Waals surface area contributed by atoms with E-state index in [1.54, 1.807) is 24.3 Å². The van der Waals surface area contributed by atoms with Crippen LogP contribution in [0.5, 0.6) is 0 Å². The normalized spacial score (nSPS) is 10.4. The molecule has 0 saturated heterocycles. The van der Waals surface area contributed by atoms with E-state index in [2.05, 4.69) is 10.6 Å². The molecular weight excluding hydrogens is 338 g/mol. The van der Waals surface area contributed by atoms with Gasteiger partial charge in [0, 0.05) is 5.69 Å². The maximum atomic E-state index is 12.5. The maximum absolute atomic E-state index is 12.5. The van der Waals surface area contributed by atoms with Crippen LogP contribution in [0.2, 0.25) is 0 Å². The third-order valence-electron chi connectivity index (χ3n) is 4.13. The monoisotopic (exact) mass is 359 g/mol. The minimum atomic E-state index is -0.387. The first-order valence-corrected chi connectivity index (χ1v) is 8.66. The highest BCUT2D eigenvalue weighted by molar-refractivity contribution is 5.90. The number of carbonyl (C=O) groups is 2. The van der Waals surface area contributed by atoms with Crippen molar-refractivity contribution in [3.05, 3.63) is 102 Å². The molecule has 0 atom stereocenters. The molecule has 0 spiro atoms. The Labute approximate surface area is 158 Å². The van der Waals surface area contributed by atoms with Gasteiger partial charge < -0.3 is 16.4 Å². The first-order chi connectivity index (χ1) is 13.1. The SMILES string of the molecule is NC(=O)Cc1ccc(NC(=O)NC(c2ccccc2)c2ccccc2)cc1. The van der Waals surface area contributed by atoms with E-state index in [1.807, 2.05) is 60.7 Å². The third-order valence-corrected chi connectivity index (χ3v) is 4.13. The van der Waals surface area contributed by atoms with E-state index in [0.29, 0.717) is 5.69 Å². The summed E-state index contributed by atoms with van der Waals surface area (Å²) in [5.41, 5.74) is 8.63. The third kappa shape index (κ3) is 5.19. The Morgan fingerprint density at radius 1 is 0.778 bits per heavy atom. The van der Waals surface area contributed by atoms with Crippen molar-refractivity contribution in [1.82, 2.24) is 5.32 Å². The average molecular weight is 359 g/mol. The van der Waals surface area contributed by atoms with Crippen molar-refractivity contribution < 1.29 is 9.59 Å². The molecule has 0 aliphatic rings. The minimum absolute atomic E-state index is 0.177. The molecule has 0 aliphatic carbocycles. The molecule has 3 aromatic rings. The van der Waals surface area contributed by atoms with Crippen LogP contribution in [0.1, 0.15) is 22.7 Å². The predicted octanol–water partition coefficient (Wildman–Crippen LogP) is 3.63. The number of urea groups is 1. The Balaban J connectivity index is 1.72. The zero-order valence-corrected chi connectivity index (χ0v) is 14.8. The van der Waals surface area contributed by atoms with Gasteiger partial charge in [0.25, 0.3) is 0 Å². The topological polar surface area (TPSA) is 84.2 Å². The highest BCUT2D eigenvalue weighted by Crippen LogP contribution is 2.22. The summed E-state index contributed by atoms with van der Waals surface area (Å²) in [5.74, 6) is -0.387.